The Kier molecular flexibility index (Phi) is 4.90. The smallest absolute Gasteiger partial charge is 0.256 e. The summed E-state index contributed by atoms with van der Waals surface area (Å²) < 4.78 is 0. The highest BCUT2D eigenvalue weighted by molar-refractivity contribution is 6.30. The number of aromatic nitrogens is 4. The first-order valence-corrected chi connectivity index (χ1v) is 10.6. The van der Waals surface area contributed by atoms with Crippen LogP contribution in [0.5, 0.6) is 0 Å². The van der Waals surface area contributed by atoms with Gasteiger partial charge in [0.05, 0.1) is 28.7 Å². The summed E-state index contributed by atoms with van der Waals surface area (Å²) >= 11 is 5.94. The molecular formula is C22H23ClN6O. The van der Waals surface area contributed by atoms with Crippen molar-refractivity contribution in [1.29, 1.82) is 0 Å². The first kappa shape index (κ1) is 19.1. The highest BCUT2D eigenvalue weighted by Crippen LogP contribution is 2.55. The number of hydrogen-bond donors (Lipinski definition) is 1. The monoisotopic (exact) mass is 422 g/mol. The fourth-order valence-corrected chi connectivity index (χ4v) is 4.47. The van der Waals surface area contributed by atoms with Gasteiger partial charge in [-0.05, 0) is 55.4 Å². The first-order valence-electron chi connectivity index (χ1n) is 10.3. The zero-order valence-corrected chi connectivity index (χ0v) is 17.3. The molecule has 1 saturated heterocycles. The standard InChI is InChI=1S/C22H23ClN6O/c23-16-5-6-20(24-14-16)25-15-17-13-22(7-8-22)9-12-28(17)21(30)18-3-1-2-4-19(18)29-26-10-11-27-29/h1-6,10-11,14,17H,7-9,12-13,15H2,(H,24,25)/t17-/m0/s1. The number of amides is 1. The van der Waals surface area contributed by atoms with Crippen molar-refractivity contribution in [3.63, 3.8) is 0 Å². The summed E-state index contributed by atoms with van der Waals surface area (Å²) in [6.45, 7) is 1.42. The second-order valence-corrected chi connectivity index (χ2v) is 8.62. The molecule has 1 N–H and O–H groups in total. The number of anilines is 1. The topological polar surface area (TPSA) is 75.9 Å². The van der Waals surface area contributed by atoms with E-state index in [2.05, 4.69) is 20.5 Å². The van der Waals surface area contributed by atoms with Crippen molar-refractivity contribution in [2.75, 3.05) is 18.4 Å². The van der Waals surface area contributed by atoms with Gasteiger partial charge in [-0.2, -0.15) is 15.0 Å². The van der Waals surface area contributed by atoms with E-state index in [1.54, 1.807) is 18.6 Å². The van der Waals surface area contributed by atoms with Crippen LogP contribution in [0.2, 0.25) is 5.02 Å². The normalized spacial score (nSPS) is 19.6. The third-order valence-corrected chi connectivity index (χ3v) is 6.45. The van der Waals surface area contributed by atoms with Gasteiger partial charge in [0.2, 0.25) is 0 Å². The molecular weight excluding hydrogens is 400 g/mol. The number of piperidine rings is 1. The maximum absolute atomic E-state index is 13.6. The Bertz CT molecular complexity index is 1030. The van der Waals surface area contributed by atoms with Gasteiger partial charge in [-0.25, -0.2) is 4.98 Å². The molecule has 3 aromatic rings. The molecule has 3 heterocycles. The van der Waals surface area contributed by atoms with Crippen molar-refractivity contribution in [3.05, 3.63) is 65.6 Å². The van der Waals surface area contributed by atoms with Crippen LogP contribution in [0, 0.1) is 5.41 Å². The number of nitrogens with zero attached hydrogens (tertiary/aromatic N) is 5. The van der Waals surface area contributed by atoms with Gasteiger partial charge in [-0.1, -0.05) is 23.7 Å². The third-order valence-electron chi connectivity index (χ3n) is 6.23. The molecule has 2 aromatic heterocycles. The van der Waals surface area contributed by atoms with Gasteiger partial charge >= 0.3 is 0 Å². The number of halogens is 1. The van der Waals surface area contributed by atoms with Gasteiger partial charge < -0.3 is 10.2 Å². The summed E-state index contributed by atoms with van der Waals surface area (Å²) in [5.41, 5.74) is 1.74. The lowest BCUT2D eigenvalue weighted by Crippen LogP contribution is -2.50. The van der Waals surface area contributed by atoms with Crippen LogP contribution in [0.15, 0.2) is 55.0 Å². The van der Waals surface area contributed by atoms with Gasteiger partial charge in [-0.3, -0.25) is 4.79 Å². The maximum Gasteiger partial charge on any atom is 0.256 e. The lowest BCUT2D eigenvalue weighted by Gasteiger charge is -2.40. The van der Waals surface area contributed by atoms with E-state index in [4.69, 9.17) is 11.6 Å². The summed E-state index contributed by atoms with van der Waals surface area (Å²) in [5, 5.41) is 12.4. The molecule has 2 fully saturated rings. The molecule has 2 aliphatic rings. The second-order valence-electron chi connectivity index (χ2n) is 8.18. The molecule has 0 radical (unpaired) electrons. The van der Waals surface area contributed by atoms with E-state index in [0.717, 1.165) is 25.2 Å². The van der Waals surface area contributed by atoms with E-state index in [-0.39, 0.29) is 11.9 Å². The van der Waals surface area contributed by atoms with Crippen molar-refractivity contribution < 1.29 is 4.79 Å². The fraction of sp³-hybridized carbons (Fsp3) is 0.364. The Hall–Kier alpha value is -2.93. The Balaban J connectivity index is 1.39. The summed E-state index contributed by atoms with van der Waals surface area (Å²) in [6, 6.07) is 11.3. The van der Waals surface area contributed by atoms with Gasteiger partial charge in [0.15, 0.2) is 0 Å². The van der Waals surface area contributed by atoms with Crippen LogP contribution in [0.3, 0.4) is 0 Å². The predicted octanol–water partition coefficient (Wildman–Crippen LogP) is 3.81. The van der Waals surface area contributed by atoms with Crippen molar-refractivity contribution in [1.82, 2.24) is 24.9 Å². The third kappa shape index (κ3) is 3.77. The van der Waals surface area contributed by atoms with Crippen LogP contribution >= 0.6 is 11.6 Å². The second kappa shape index (κ2) is 7.72. The summed E-state index contributed by atoms with van der Waals surface area (Å²) in [4.78, 5) is 21.4. The lowest BCUT2D eigenvalue weighted by atomic mass is 9.87. The minimum Gasteiger partial charge on any atom is -0.368 e. The number of benzene rings is 1. The van der Waals surface area contributed by atoms with Crippen molar-refractivity contribution in [3.8, 4) is 5.69 Å². The van der Waals surface area contributed by atoms with Crippen LogP contribution in [0.4, 0.5) is 5.82 Å². The molecule has 0 bridgehead atoms. The number of pyridine rings is 1. The molecule has 1 spiro atoms. The number of carbonyl (C=O) groups excluding carboxylic acids is 1. The number of carbonyl (C=O) groups is 1. The van der Waals surface area contributed by atoms with E-state index >= 15 is 0 Å². The minimum atomic E-state index is 0.0225. The molecule has 30 heavy (non-hydrogen) atoms. The van der Waals surface area contributed by atoms with Crippen LogP contribution in [0.1, 0.15) is 36.0 Å². The van der Waals surface area contributed by atoms with Crippen molar-refractivity contribution in [2.24, 2.45) is 5.41 Å². The van der Waals surface area contributed by atoms with Crippen LogP contribution < -0.4 is 5.32 Å². The van der Waals surface area contributed by atoms with Crippen LogP contribution in [0.25, 0.3) is 5.69 Å². The van der Waals surface area contributed by atoms with Crippen molar-refractivity contribution >= 4 is 23.3 Å². The molecule has 154 valence electrons. The number of para-hydroxylation sites is 1. The van der Waals surface area contributed by atoms with Gasteiger partial charge in [0, 0.05) is 25.3 Å². The average molecular weight is 423 g/mol. The molecule has 1 atom stereocenters. The zero-order chi connectivity index (χ0) is 20.6. The molecule has 0 unspecified atom stereocenters. The highest BCUT2D eigenvalue weighted by Gasteiger charge is 2.49. The fourth-order valence-electron chi connectivity index (χ4n) is 4.36. The Morgan fingerprint density at radius 2 is 1.93 bits per heavy atom. The average Bonchev–Trinajstić information content (AvgIpc) is 3.29. The summed E-state index contributed by atoms with van der Waals surface area (Å²) in [5.74, 6) is 0.789. The lowest BCUT2D eigenvalue weighted by molar-refractivity contribution is 0.0545. The number of likely N-dealkylation sites (tertiary alicyclic amines) is 1. The molecule has 7 nitrogen and oxygen atoms in total. The van der Waals surface area contributed by atoms with Gasteiger partial charge in [-0.15, -0.1) is 0 Å². The molecule has 8 heteroatoms. The van der Waals surface area contributed by atoms with E-state index < -0.39 is 0 Å². The minimum absolute atomic E-state index is 0.0225. The largest absolute Gasteiger partial charge is 0.368 e. The van der Waals surface area contributed by atoms with Crippen LogP contribution in [-0.4, -0.2) is 49.9 Å². The molecule has 1 saturated carbocycles. The van der Waals surface area contributed by atoms with E-state index in [1.165, 1.54) is 17.6 Å². The predicted molar refractivity (Wildman–Crippen MR) is 115 cm³/mol. The molecule has 1 aliphatic heterocycles. The SMILES string of the molecule is O=C(c1ccccc1-n1nccn1)N1CCC2(CC2)C[C@H]1CNc1ccc(Cl)cn1. The Labute approximate surface area is 180 Å². The molecule has 5 rings (SSSR count). The van der Waals surface area contributed by atoms with Gasteiger partial charge in [0.25, 0.3) is 5.91 Å². The zero-order valence-electron chi connectivity index (χ0n) is 16.5. The van der Waals surface area contributed by atoms with Crippen LogP contribution in [-0.2, 0) is 0 Å². The molecule has 1 aliphatic carbocycles. The Morgan fingerprint density at radius 3 is 2.67 bits per heavy atom. The number of hydrogen-bond acceptors (Lipinski definition) is 5. The molecule has 1 aromatic carbocycles. The summed E-state index contributed by atoms with van der Waals surface area (Å²) in [6.07, 6.45) is 9.47. The van der Waals surface area contributed by atoms with E-state index in [9.17, 15) is 4.79 Å². The number of nitrogens with one attached hydrogen (secondary N) is 1. The summed E-state index contributed by atoms with van der Waals surface area (Å²) in [7, 11) is 0. The van der Waals surface area contributed by atoms with E-state index in [0.29, 0.717) is 28.2 Å². The van der Waals surface area contributed by atoms with Gasteiger partial charge in [0.1, 0.15) is 5.82 Å². The van der Waals surface area contributed by atoms with Crippen molar-refractivity contribution in [2.45, 2.75) is 31.7 Å². The first-order chi connectivity index (χ1) is 14.6. The van der Waals surface area contributed by atoms with E-state index in [1.807, 2.05) is 41.3 Å². The maximum atomic E-state index is 13.6. The Morgan fingerprint density at radius 1 is 1.13 bits per heavy atom. The molecule has 1 amide bonds. The number of rotatable bonds is 5. The highest BCUT2D eigenvalue weighted by atomic mass is 35.5. The quantitative estimate of drug-likeness (QED) is 0.676.